The summed E-state index contributed by atoms with van der Waals surface area (Å²) >= 11 is 0. The Bertz CT molecular complexity index is 610. The molecule has 0 aromatic heterocycles. The zero-order valence-corrected chi connectivity index (χ0v) is 14.8. The Labute approximate surface area is 137 Å². The van der Waals surface area contributed by atoms with Crippen molar-refractivity contribution in [3.8, 4) is 0 Å². The van der Waals surface area contributed by atoms with E-state index in [1.54, 1.807) is 19.1 Å². The summed E-state index contributed by atoms with van der Waals surface area (Å²) in [5, 5.41) is 10.1. The van der Waals surface area contributed by atoms with Crippen molar-refractivity contribution in [1.82, 2.24) is 4.72 Å². The van der Waals surface area contributed by atoms with Crippen LogP contribution >= 0.6 is 0 Å². The van der Waals surface area contributed by atoms with Gasteiger partial charge in [-0.2, -0.15) is 0 Å². The van der Waals surface area contributed by atoms with Gasteiger partial charge in [0, 0.05) is 0 Å². The highest BCUT2D eigenvalue weighted by molar-refractivity contribution is 7.89. The van der Waals surface area contributed by atoms with Crippen molar-refractivity contribution < 1.29 is 23.1 Å². The number of hydrogen-bond acceptors (Lipinski definition) is 5. The number of benzene rings is 1. The van der Waals surface area contributed by atoms with Crippen LogP contribution in [-0.4, -0.2) is 38.2 Å². The molecular weight excluding hydrogens is 318 g/mol. The molecule has 0 aliphatic heterocycles. The number of nitrogens with one attached hydrogen (secondary N) is 1. The highest BCUT2D eigenvalue weighted by Gasteiger charge is 2.32. The Morgan fingerprint density at radius 1 is 1.26 bits per heavy atom. The third kappa shape index (κ3) is 5.93. The predicted octanol–water partition coefficient (Wildman–Crippen LogP) is 1.61. The monoisotopic (exact) mass is 343 g/mol. The minimum atomic E-state index is -3.83. The van der Waals surface area contributed by atoms with E-state index < -0.39 is 28.1 Å². The standard InChI is InChI=1S/C16H25NO5S/c1-5-22-16(19)15(18)14(10-11(2)3)17-23(20,21)13-8-6-12(4)7-9-13/h6-9,11,14-15,17-18H,5,10H2,1-4H3/t14-,15+/m0/s1. The number of aryl methyl sites for hydroxylation is 1. The van der Waals surface area contributed by atoms with Gasteiger partial charge in [-0.25, -0.2) is 17.9 Å². The number of aliphatic hydroxyl groups excluding tert-OH is 1. The molecule has 23 heavy (non-hydrogen) atoms. The second-order valence-corrected chi connectivity index (χ2v) is 7.58. The molecule has 1 aromatic carbocycles. The summed E-state index contributed by atoms with van der Waals surface area (Å²) in [5.74, 6) is -0.741. The van der Waals surface area contributed by atoms with Crippen molar-refractivity contribution in [3.63, 3.8) is 0 Å². The van der Waals surface area contributed by atoms with Gasteiger partial charge in [-0.1, -0.05) is 31.5 Å². The van der Waals surface area contributed by atoms with Crippen LogP contribution in [0.2, 0.25) is 0 Å². The van der Waals surface area contributed by atoms with E-state index in [-0.39, 0.29) is 17.4 Å². The summed E-state index contributed by atoms with van der Waals surface area (Å²) in [6.45, 7) is 7.36. The van der Waals surface area contributed by atoms with Gasteiger partial charge in [0.05, 0.1) is 17.5 Å². The van der Waals surface area contributed by atoms with Crippen LogP contribution in [0, 0.1) is 12.8 Å². The minimum absolute atomic E-state index is 0.0878. The molecule has 2 atom stereocenters. The molecule has 0 spiro atoms. The molecule has 2 N–H and O–H groups in total. The molecule has 1 rings (SSSR count). The van der Waals surface area contributed by atoms with Gasteiger partial charge in [-0.15, -0.1) is 0 Å². The number of carbonyl (C=O) groups is 1. The lowest BCUT2D eigenvalue weighted by Gasteiger charge is -2.24. The Kier molecular flexibility index (Phi) is 7.18. The number of esters is 1. The maximum absolute atomic E-state index is 12.4. The first kappa shape index (κ1) is 19.6. The largest absolute Gasteiger partial charge is 0.464 e. The number of aliphatic hydroxyl groups is 1. The summed E-state index contributed by atoms with van der Waals surface area (Å²) < 4.78 is 32.1. The average molecular weight is 343 g/mol. The molecule has 0 aliphatic carbocycles. The van der Waals surface area contributed by atoms with E-state index in [2.05, 4.69) is 4.72 Å². The van der Waals surface area contributed by atoms with Crippen molar-refractivity contribution in [1.29, 1.82) is 0 Å². The molecule has 0 heterocycles. The normalized spacial score (nSPS) is 14.5. The number of hydrogen-bond donors (Lipinski definition) is 2. The lowest BCUT2D eigenvalue weighted by Crippen LogP contribution is -2.48. The first-order valence-corrected chi connectivity index (χ1v) is 9.09. The predicted molar refractivity (Wildman–Crippen MR) is 87.4 cm³/mol. The number of ether oxygens (including phenoxy) is 1. The van der Waals surface area contributed by atoms with E-state index >= 15 is 0 Å². The van der Waals surface area contributed by atoms with Crippen LogP contribution in [0.1, 0.15) is 32.8 Å². The minimum Gasteiger partial charge on any atom is -0.464 e. The van der Waals surface area contributed by atoms with Gasteiger partial charge in [0.1, 0.15) is 0 Å². The third-order valence-corrected chi connectivity index (χ3v) is 4.78. The van der Waals surface area contributed by atoms with Crippen LogP contribution in [0.15, 0.2) is 29.2 Å². The summed E-state index contributed by atoms with van der Waals surface area (Å²) in [4.78, 5) is 11.8. The first-order valence-electron chi connectivity index (χ1n) is 7.61. The van der Waals surface area contributed by atoms with Gasteiger partial charge in [-0.05, 0) is 38.3 Å². The molecule has 0 amide bonds. The van der Waals surface area contributed by atoms with Crippen LogP contribution in [0.5, 0.6) is 0 Å². The van der Waals surface area contributed by atoms with Crippen LogP contribution < -0.4 is 4.72 Å². The summed E-state index contributed by atoms with van der Waals surface area (Å²) in [6.07, 6.45) is -1.23. The van der Waals surface area contributed by atoms with Gasteiger partial charge in [0.15, 0.2) is 6.10 Å². The first-order chi connectivity index (χ1) is 10.7. The number of rotatable bonds is 8. The third-order valence-electron chi connectivity index (χ3n) is 3.27. The second-order valence-electron chi connectivity index (χ2n) is 5.87. The van der Waals surface area contributed by atoms with E-state index in [0.29, 0.717) is 6.42 Å². The topological polar surface area (TPSA) is 92.7 Å². The van der Waals surface area contributed by atoms with E-state index in [0.717, 1.165) is 5.56 Å². The fourth-order valence-corrected chi connectivity index (χ4v) is 3.38. The zero-order valence-electron chi connectivity index (χ0n) is 13.9. The van der Waals surface area contributed by atoms with Crippen LogP contribution in [0.3, 0.4) is 0 Å². The van der Waals surface area contributed by atoms with E-state index in [9.17, 15) is 18.3 Å². The number of carbonyl (C=O) groups excluding carboxylic acids is 1. The van der Waals surface area contributed by atoms with Gasteiger partial charge < -0.3 is 9.84 Å². The van der Waals surface area contributed by atoms with Gasteiger partial charge in [0.25, 0.3) is 0 Å². The van der Waals surface area contributed by atoms with Crippen LogP contribution in [-0.2, 0) is 19.6 Å². The molecular formula is C16H25NO5S. The summed E-state index contributed by atoms with van der Waals surface area (Å²) in [7, 11) is -3.83. The van der Waals surface area contributed by atoms with E-state index in [1.165, 1.54) is 12.1 Å². The zero-order chi connectivity index (χ0) is 17.6. The lowest BCUT2D eigenvalue weighted by atomic mass is 10.0. The van der Waals surface area contributed by atoms with Crippen molar-refractivity contribution in [2.45, 2.75) is 51.2 Å². The quantitative estimate of drug-likeness (QED) is 0.700. The second kappa shape index (κ2) is 8.42. The molecule has 0 unspecified atom stereocenters. The summed E-state index contributed by atoms with van der Waals surface area (Å²) in [5.41, 5.74) is 0.939. The Balaban J connectivity index is 2.99. The molecule has 0 aliphatic rings. The Hall–Kier alpha value is -1.44. The number of sulfonamides is 1. The Morgan fingerprint density at radius 2 is 1.83 bits per heavy atom. The fraction of sp³-hybridized carbons (Fsp3) is 0.562. The molecule has 0 fully saturated rings. The molecule has 130 valence electrons. The molecule has 6 nitrogen and oxygen atoms in total. The van der Waals surface area contributed by atoms with Gasteiger partial charge >= 0.3 is 5.97 Å². The van der Waals surface area contributed by atoms with Crippen LogP contribution in [0.4, 0.5) is 0 Å². The van der Waals surface area contributed by atoms with E-state index in [1.807, 2.05) is 20.8 Å². The smallest absolute Gasteiger partial charge is 0.336 e. The molecule has 0 bridgehead atoms. The maximum Gasteiger partial charge on any atom is 0.336 e. The maximum atomic E-state index is 12.4. The molecule has 1 aromatic rings. The van der Waals surface area contributed by atoms with Crippen LogP contribution in [0.25, 0.3) is 0 Å². The lowest BCUT2D eigenvalue weighted by molar-refractivity contribution is -0.154. The fourth-order valence-electron chi connectivity index (χ4n) is 2.13. The highest BCUT2D eigenvalue weighted by Crippen LogP contribution is 2.15. The van der Waals surface area contributed by atoms with Crippen molar-refractivity contribution in [2.75, 3.05) is 6.61 Å². The van der Waals surface area contributed by atoms with E-state index in [4.69, 9.17) is 4.74 Å². The SMILES string of the molecule is CCOC(=O)[C@H](O)[C@H](CC(C)C)NS(=O)(=O)c1ccc(C)cc1. The molecule has 0 radical (unpaired) electrons. The van der Waals surface area contributed by atoms with Crippen molar-refractivity contribution >= 4 is 16.0 Å². The van der Waals surface area contributed by atoms with Crippen molar-refractivity contribution in [3.05, 3.63) is 29.8 Å². The van der Waals surface area contributed by atoms with Gasteiger partial charge in [0.2, 0.25) is 10.0 Å². The molecule has 0 saturated carbocycles. The highest BCUT2D eigenvalue weighted by atomic mass is 32.2. The molecule has 7 heteroatoms. The van der Waals surface area contributed by atoms with Gasteiger partial charge in [-0.3, -0.25) is 0 Å². The Morgan fingerprint density at radius 3 is 2.30 bits per heavy atom. The average Bonchev–Trinajstić information content (AvgIpc) is 2.45. The summed E-state index contributed by atoms with van der Waals surface area (Å²) in [6, 6.07) is 5.41. The van der Waals surface area contributed by atoms with Crippen molar-refractivity contribution in [2.24, 2.45) is 5.92 Å². The molecule has 0 saturated heterocycles.